The van der Waals surface area contributed by atoms with E-state index in [1.165, 1.54) is 0 Å². The Morgan fingerprint density at radius 3 is 2.80 bits per heavy atom. The molecule has 1 aromatic heterocycles. The molecule has 7 heteroatoms. The van der Waals surface area contributed by atoms with Gasteiger partial charge in [0.25, 0.3) is 0 Å². The fourth-order valence-electron chi connectivity index (χ4n) is 3.06. The van der Waals surface area contributed by atoms with Gasteiger partial charge in [-0.1, -0.05) is 18.5 Å². The molecule has 2 N–H and O–H groups in total. The average molecular weight is 301 g/mol. The number of nitrogens with two attached hydrogens (primary N) is 1. The maximum absolute atomic E-state index is 12.6. The van der Waals surface area contributed by atoms with E-state index in [-0.39, 0.29) is 17.7 Å². The van der Waals surface area contributed by atoms with Gasteiger partial charge in [-0.25, -0.2) is 8.42 Å². The van der Waals surface area contributed by atoms with Crippen molar-refractivity contribution >= 4 is 10.0 Å². The van der Waals surface area contributed by atoms with Crippen LogP contribution in [0.1, 0.15) is 37.6 Å². The van der Waals surface area contributed by atoms with Crippen LogP contribution in [-0.4, -0.2) is 37.0 Å². The van der Waals surface area contributed by atoms with Crippen molar-refractivity contribution in [2.24, 2.45) is 11.7 Å². The molecule has 0 radical (unpaired) electrons. The Kier molecular flexibility index (Phi) is 4.82. The first-order chi connectivity index (χ1) is 9.47. The lowest BCUT2D eigenvalue weighted by Gasteiger charge is -2.30. The Hall–Kier alpha value is -0.920. The van der Waals surface area contributed by atoms with E-state index in [1.54, 1.807) is 17.3 Å². The lowest BCUT2D eigenvalue weighted by molar-refractivity contribution is 0.275. The summed E-state index contributed by atoms with van der Waals surface area (Å²) in [5, 5.41) is 3.78. The third-order valence-electron chi connectivity index (χ3n) is 3.97. The third-order valence-corrected chi connectivity index (χ3v) is 5.87. The van der Waals surface area contributed by atoms with Crippen LogP contribution in [0.4, 0.5) is 0 Å². The summed E-state index contributed by atoms with van der Waals surface area (Å²) in [5.41, 5.74) is 6.23. The summed E-state index contributed by atoms with van der Waals surface area (Å²) in [5.74, 6) is 0.786. The number of sulfonamides is 1. The zero-order valence-electron chi connectivity index (χ0n) is 12.1. The molecule has 0 aliphatic heterocycles. The molecular weight excluding hydrogens is 278 g/mol. The molecule has 2 atom stereocenters. The summed E-state index contributed by atoms with van der Waals surface area (Å²) in [6.07, 6.45) is 2.95. The van der Waals surface area contributed by atoms with Crippen molar-refractivity contribution in [3.05, 3.63) is 17.5 Å². The van der Waals surface area contributed by atoms with Crippen LogP contribution in [0.2, 0.25) is 0 Å². The first-order valence-corrected chi connectivity index (χ1v) is 8.70. The number of aryl methyl sites for hydroxylation is 1. The molecule has 1 aliphatic carbocycles. The van der Waals surface area contributed by atoms with Crippen LogP contribution in [0.5, 0.6) is 0 Å². The van der Waals surface area contributed by atoms with Crippen molar-refractivity contribution in [1.82, 2.24) is 9.46 Å². The summed E-state index contributed by atoms with van der Waals surface area (Å²) in [6, 6.07) is 1.70. The van der Waals surface area contributed by atoms with Gasteiger partial charge < -0.3 is 10.3 Å². The number of aromatic nitrogens is 1. The van der Waals surface area contributed by atoms with Crippen molar-refractivity contribution in [2.75, 3.05) is 13.1 Å². The molecule has 0 spiro atoms. The van der Waals surface area contributed by atoms with Gasteiger partial charge in [-0.05, 0) is 32.2 Å². The number of hydrogen-bond acceptors (Lipinski definition) is 5. The van der Waals surface area contributed by atoms with Crippen molar-refractivity contribution in [3.63, 3.8) is 0 Å². The molecule has 6 nitrogen and oxygen atoms in total. The molecule has 1 saturated carbocycles. The zero-order valence-corrected chi connectivity index (χ0v) is 12.9. The van der Waals surface area contributed by atoms with Crippen LogP contribution in [-0.2, 0) is 15.8 Å². The van der Waals surface area contributed by atoms with E-state index in [1.807, 2.05) is 6.92 Å². The average Bonchev–Trinajstić information content (AvgIpc) is 2.98. The molecule has 1 aromatic rings. The maximum atomic E-state index is 12.6. The highest BCUT2D eigenvalue weighted by molar-refractivity contribution is 7.88. The quantitative estimate of drug-likeness (QED) is 0.854. The van der Waals surface area contributed by atoms with E-state index in [9.17, 15) is 8.42 Å². The van der Waals surface area contributed by atoms with Gasteiger partial charge in [-0.3, -0.25) is 0 Å². The second-order valence-electron chi connectivity index (χ2n) is 5.38. The third kappa shape index (κ3) is 3.21. The molecule has 2 rings (SSSR count). The molecule has 0 aromatic carbocycles. The van der Waals surface area contributed by atoms with Crippen LogP contribution in [0.25, 0.3) is 0 Å². The van der Waals surface area contributed by atoms with Gasteiger partial charge in [0.15, 0.2) is 0 Å². The van der Waals surface area contributed by atoms with Crippen LogP contribution < -0.4 is 5.73 Å². The van der Waals surface area contributed by atoms with Crippen molar-refractivity contribution in [2.45, 2.75) is 44.9 Å². The van der Waals surface area contributed by atoms with Gasteiger partial charge in [-0.2, -0.15) is 4.31 Å². The van der Waals surface area contributed by atoms with E-state index in [0.717, 1.165) is 19.3 Å². The second-order valence-corrected chi connectivity index (χ2v) is 7.30. The van der Waals surface area contributed by atoms with E-state index in [0.29, 0.717) is 24.5 Å². The number of rotatable bonds is 6. The smallest absolute Gasteiger partial charge is 0.220 e. The van der Waals surface area contributed by atoms with Crippen LogP contribution >= 0.6 is 0 Å². The summed E-state index contributed by atoms with van der Waals surface area (Å²) >= 11 is 0. The first-order valence-electron chi connectivity index (χ1n) is 7.09. The summed E-state index contributed by atoms with van der Waals surface area (Å²) < 4.78 is 31.7. The Morgan fingerprint density at radius 1 is 1.50 bits per heavy atom. The van der Waals surface area contributed by atoms with Crippen LogP contribution in [0, 0.1) is 12.8 Å². The molecule has 114 valence electrons. The zero-order chi connectivity index (χ0) is 14.8. The molecule has 1 heterocycles. The summed E-state index contributed by atoms with van der Waals surface area (Å²) in [7, 11) is -3.38. The highest BCUT2D eigenvalue weighted by Crippen LogP contribution is 2.31. The monoisotopic (exact) mass is 301 g/mol. The minimum Gasteiger partial charge on any atom is -0.361 e. The van der Waals surface area contributed by atoms with Crippen molar-refractivity contribution in [3.8, 4) is 0 Å². The highest BCUT2D eigenvalue weighted by Gasteiger charge is 2.37. The Morgan fingerprint density at radius 2 is 2.25 bits per heavy atom. The Labute approximate surface area is 120 Å². The SMILES string of the molecule is CCN(C1CCCC1CN)S(=O)(=O)Cc1cc(C)on1. The maximum Gasteiger partial charge on any atom is 0.220 e. The fourth-order valence-corrected chi connectivity index (χ4v) is 4.82. The van der Waals surface area contributed by atoms with E-state index in [2.05, 4.69) is 5.16 Å². The van der Waals surface area contributed by atoms with Gasteiger partial charge >= 0.3 is 0 Å². The normalized spacial score (nSPS) is 23.6. The van der Waals surface area contributed by atoms with Crippen LogP contribution in [0.15, 0.2) is 10.6 Å². The second kappa shape index (κ2) is 6.24. The number of nitrogens with zero attached hydrogens (tertiary/aromatic N) is 2. The fraction of sp³-hybridized carbons (Fsp3) is 0.769. The Bertz CT molecular complexity index is 541. The predicted molar refractivity (Wildman–Crippen MR) is 76.4 cm³/mol. The topological polar surface area (TPSA) is 89.4 Å². The van der Waals surface area contributed by atoms with Gasteiger partial charge in [-0.15, -0.1) is 0 Å². The molecule has 2 unspecified atom stereocenters. The van der Waals surface area contributed by atoms with Gasteiger partial charge in [0.05, 0.1) is 0 Å². The predicted octanol–water partition coefficient (Wildman–Crippen LogP) is 1.26. The lowest BCUT2D eigenvalue weighted by Crippen LogP contribution is -2.44. The van der Waals surface area contributed by atoms with E-state index >= 15 is 0 Å². The molecule has 0 bridgehead atoms. The minimum atomic E-state index is -3.38. The highest BCUT2D eigenvalue weighted by atomic mass is 32.2. The molecule has 0 saturated heterocycles. The van der Waals surface area contributed by atoms with Gasteiger partial charge in [0, 0.05) is 18.7 Å². The lowest BCUT2D eigenvalue weighted by atomic mass is 10.0. The van der Waals surface area contributed by atoms with Crippen molar-refractivity contribution in [1.29, 1.82) is 0 Å². The van der Waals surface area contributed by atoms with E-state index < -0.39 is 10.0 Å². The molecule has 1 fully saturated rings. The molecule has 0 amide bonds. The molecule has 20 heavy (non-hydrogen) atoms. The largest absolute Gasteiger partial charge is 0.361 e. The minimum absolute atomic E-state index is 0.0306. The Balaban J connectivity index is 2.16. The van der Waals surface area contributed by atoms with Crippen LogP contribution in [0.3, 0.4) is 0 Å². The van der Waals surface area contributed by atoms with Gasteiger partial charge in [0.1, 0.15) is 17.2 Å². The standard InChI is InChI=1S/C13H23N3O3S/c1-3-16(13-6-4-5-11(13)8-14)20(17,18)9-12-7-10(2)19-15-12/h7,11,13H,3-6,8-9,14H2,1-2H3. The van der Waals surface area contributed by atoms with Gasteiger partial charge in [0.2, 0.25) is 10.0 Å². The van der Waals surface area contributed by atoms with Crippen molar-refractivity contribution < 1.29 is 12.9 Å². The number of hydrogen-bond donors (Lipinski definition) is 1. The summed E-state index contributed by atoms with van der Waals surface area (Å²) in [4.78, 5) is 0. The summed E-state index contributed by atoms with van der Waals surface area (Å²) in [6.45, 7) is 4.64. The molecule has 1 aliphatic rings. The molecular formula is C13H23N3O3S. The van der Waals surface area contributed by atoms with E-state index in [4.69, 9.17) is 10.3 Å². The first kappa shape index (κ1) is 15.5.